The lowest BCUT2D eigenvalue weighted by atomic mass is 10.2. The summed E-state index contributed by atoms with van der Waals surface area (Å²) in [6.45, 7) is 2.64. The highest BCUT2D eigenvalue weighted by Crippen LogP contribution is 2.20. The van der Waals surface area contributed by atoms with Crippen LogP contribution in [-0.2, 0) is 7.05 Å². The third kappa shape index (κ3) is 2.61. The Bertz CT molecular complexity index is 692. The molecule has 110 valence electrons. The molecule has 0 atom stereocenters. The summed E-state index contributed by atoms with van der Waals surface area (Å²) < 4.78 is 15.3. The maximum absolute atomic E-state index is 13.8. The van der Waals surface area contributed by atoms with Gasteiger partial charge in [0.15, 0.2) is 5.82 Å². The molecule has 1 aromatic carbocycles. The molecule has 3 rings (SSSR count). The topological polar surface area (TPSA) is 41.4 Å². The monoisotopic (exact) mass is 288 g/mol. The van der Waals surface area contributed by atoms with E-state index in [1.165, 1.54) is 10.6 Å². The first kappa shape index (κ1) is 13.6. The van der Waals surface area contributed by atoms with Gasteiger partial charge in [-0.3, -0.25) is 4.79 Å². The maximum Gasteiger partial charge on any atom is 0.293 e. The molecule has 6 heteroatoms. The zero-order valence-electron chi connectivity index (χ0n) is 11.9. The van der Waals surface area contributed by atoms with Crippen LogP contribution >= 0.6 is 0 Å². The lowest BCUT2D eigenvalue weighted by Crippen LogP contribution is -2.49. The summed E-state index contributed by atoms with van der Waals surface area (Å²) in [5.41, 5.74) is 0.517. The molecule has 21 heavy (non-hydrogen) atoms. The van der Waals surface area contributed by atoms with Crippen LogP contribution in [0.4, 0.5) is 15.9 Å². The van der Waals surface area contributed by atoms with Crippen molar-refractivity contribution in [3.8, 4) is 0 Å². The van der Waals surface area contributed by atoms with E-state index in [4.69, 9.17) is 0 Å². The molecule has 0 saturated carbocycles. The third-order valence-corrected chi connectivity index (χ3v) is 3.77. The van der Waals surface area contributed by atoms with Crippen molar-refractivity contribution in [2.24, 2.45) is 7.05 Å². The fourth-order valence-electron chi connectivity index (χ4n) is 2.57. The molecule has 0 N–H and O–H groups in total. The smallest absolute Gasteiger partial charge is 0.293 e. The summed E-state index contributed by atoms with van der Waals surface area (Å²) in [5.74, 6) is 0.257. The first-order chi connectivity index (χ1) is 10.2. The molecular formula is C15H17FN4O. The molecule has 0 amide bonds. The fourth-order valence-corrected chi connectivity index (χ4v) is 2.57. The number of rotatable bonds is 2. The summed E-state index contributed by atoms with van der Waals surface area (Å²) in [7, 11) is 1.71. The summed E-state index contributed by atoms with van der Waals surface area (Å²) in [4.78, 5) is 20.2. The van der Waals surface area contributed by atoms with E-state index in [2.05, 4.69) is 4.98 Å². The molecule has 1 aromatic heterocycles. The van der Waals surface area contributed by atoms with Gasteiger partial charge in [-0.2, -0.15) is 0 Å². The molecule has 0 bridgehead atoms. The van der Waals surface area contributed by atoms with E-state index in [-0.39, 0.29) is 11.4 Å². The van der Waals surface area contributed by atoms with Gasteiger partial charge in [0.05, 0.1) is 5.69 Å². The van der Waals surface area contributed by atoms with Gasteiger partial charge in [0.1, 0.15) is 5.82 Å². The van der Waals surface area contributed by atoms with Crippen molar-refractivity contribution in [1.82, 2.24) is 9.55 Å². The van der Waals surface area contributed by atoms with Crippen LogP contribution in [0.3, 0.4) is 0 Å². The summed E-state index contributed by atoms with van der Waals surface area (Å²) >= 11 is 0. The third-order valence-electron chi connectivity index (χ3n) is 3.77. The number of anilines is 2. The van der Waals surface area contributed by atoms with Crippen LogP contribution in [0.2, 0.25) is 0 Å². The predicted molar refractivity (Wildman–Crippen MR) is 80.3 cm³/mol. The minimum absolute atomic E-state index is 0.100. The normalized spacial score (nSPS) is 15.3. The van der Waals surface area contributed by atoms with E-state index >= 15 is 0 Å². The standard InChI is InChI=1S/C15H17FN4O/c1-18-7-6-17-14(15(18)21)20-10-8-19(9-11-20)13-5-3-2-4-12(13)16/h2-7H,8-11H2,1H3. The molecule has 2 heterocycles. The van der Waals surface area contributed by atoms with E-state index in [1.54, 1.807) is 31.6 Å². The van der Waals surface area contributed by atoms with Crippen LogP contribution in [0.15, 0.2) is 41.5 Å². The first-order valence-electron chi connectivity index (χ1n) is 6.93. The lowest BCUT2D eigenvalue weighted by Gasteiger charge is -2.36. The maximum atomic E-state index is 13.8. The van der Waals surface area contributed by atoms with E-state index in [1.807, 2.05) is 15.9 Å². The lowest BCUT2D eigenvalue weighted by molar-refractivity contribution is 0.594. The van der Waals surface area contributed by atoms with E-state index in [9.17, 15) is 9.18 Å². The second-order valence-corrected chi connectivity index (χ2v) is 5.09. The molecule has 0 aliphatic carbocycles. The van der Waals surface area contributed by atoms with E-state index < -0.39 is 0 Å². The van der Waals surface area contributed by atoms with Crippen molar-refractivity contribution < 1.29 is 4.39 Å². The second kappa shape index (κ2) is 5.55. The van der Waals surface area contributed by atoms with Crippen molar-refractivity contribution in [3.63, 3.8) is 0 Å². The SMILES string of the molecule is Cn1ccnc(N2CCN(c3ccccc3F)CC2)c1=O. The van der Waals surface area contributed by atoms with Gasteiger partial charge < -0.3 is 14.4 Å². The summed E-state index contributed by atoms with van der Waals surface area (Å²) in [6.07, 6.45) is 3.27. The highest BCUT2D eigenvalue weighted by molar-refractivity contribution is 5.50. The molecule has 2 aromatic rings. The van der Waals surface area contributed by atoms with Crippen molar-refractivity contribution in [3.05, 3.63) is 52.8 Å². The number of hydrogen-bond acceptors (Lipinski definition) is 4. The van der Waals surface area contributed by atoms with Gasteiger partial charge in [-0.05, 0) is 12.1 Å². The minimum Gasteiger partial charge on any atom is -0.366 e. The van der Waals surface area contributed by atoms with Gasteiger partial charge in [-0.1, -0.05) is 12.1 Å². The molecule has 0 radical (unpaired) electrons. The molecule has 1 aliphatic heterocycles. The molecule has 1 saturated heterocycles. The predicted octanol–water partition coefficient (Wildman–Crippen LogP) is 1.25. The minimum atomic E-state index is -0.209. The Labute approximate surface area is 122 Å². The average Bonchev–Trinajstić information content (AvgIpc) is 2.51. The van der Waals surface area contributed by atoms with Gasteiger partial charge in [0.2, 0.25) is 0 Å². The number of nitrogens with zero attached hydrogens (tertiary/aromatic N) is 4. The van der Waals surface area contributed by atoms with Crippen molar-refractivity contribution in [2.75, 3.05) is 36.0 Å². The highest BCUT2D eigenvalue weighted by atomic mass is 19.1. The Morgan fingerprint density at radius 3 is 2.48 bits per heavy atom. The van der Waals surface area contributed by atoms with E-state index in [0.29, 0.717) is 37.7 Å². The van der Waals surface area contributed by atoms with Crippen LogP contribution in [0, 0.1) is 5.82 Å². The molecule has 5 nitrogen and oxygen atoms in total. The van der Waals surface area contributed by atoms with Crippen LogP contribution in [0.1, 0.15) is 0 Å². The average molecular weight is 288 g/mol. The summed E-state index contributed by atoms with van der Waals surface area (Å²) in [6, 6.07) is 6.77. The molecule has 0 unspecified atom stereocenters. The van der Waals surface area contributed by atoms with Crippen molar-refractivity contribution >= 4 is 11.5 Å². The van der Waals surface area contributed by atoms with Gasteiger partial charge >= 0.3 is 0 Å². The Hall–Kier alpha value is -2.37. The summed E-state index contributed by atoms with van der Waals surface area (Å²) in [5, 5.41) is 0. The Balaban J connectivity index is 1.75. The van der Waals surface area contributed by atoms with Crippen LogP contribution in [0.5, 0.6) is 0 Å². The van der Waals surface area contributed by atoms with Crippen molar-refractivity contribution in [1.29, 1.82) is 0 Å². The van der Waals surface area contributed by atoms with Crippen molar-refractivity contribution in [2.45, 2.75) is 0 Å². The Morgan fingerprint density at radius 2 is 1.76 bits per heavy atom. The van der Waals surface area contributed by atoms with Gasteiger partial charge in [0.25, 0.3) is 5.56 Å². The van der Waals surface area contributed by atoms with E-state index in [0.717, 1.165) is 0 Å². The zero-order chi connectivity index (χ0) is 14.8. The Morgan fingerprint density at radius 1 is 1.10 bits per heavy atom. The number of benzene rings is 1. The number of aromatic nitrogens is 2. The van der Waals surface area contributed by atoms with Crippen LogP contribution < -0.4 is 15.4 Å². The van der Waals surface area contributed by atoms with Crippen LogP contribution in [-0.4, -0.2) is 35.7 Å². The number of halogens is 1. The fraction of sp³-hybridized carbons (Fsp3) is 0.333. The number of hydrogen-bond donors (Lipinski definition) is 0. The quantitative estimate of drug-likeness (QED) is 0.834. The molecule has 1 fully saturated rings. The molecule has 0 spiro atoms. The number of piperazine rings is 1. The van der Waals surface area contributed by atoms with Gasteiger partial charge in [-0.25, -0.2) is 9.37 Å². The second-order valence-electron chi connectivity index (χ2n) is 5.09. The number of para-hydroxylation sites is 1. The largest absolute Gasteiger partial charge is 0.366 e. The first-order valence-corrected chi connectivity index (χ1v) is 6.93. The molecular weight excluding hydrogens is 271 g/mol. The van der Waals surface area contributed by atoms with Crippen LogP contribution in [0.25, 0.3) is 0 Å². The van der Waals surface area contributed by atoms with Gasteiger partial charge in [0, 0.05) is 45.6 Å². The molecule has 1 aliphatic rings. The number of aryl methyl sites for hydroxylation is 1. The Kier molecular flexibility index (Phi) is 3.60. The van der Waals surface area contributed by atoms with Gasteiger partial charge in [-0.15, -0.1) is 0 Å². The zero-order valence-corrected chi connectivity index (χ0v) is 11.9. The highest BCUT2D eigenvalue weighted by Gasteiger charge is 2.21.